The fourth-order valence-electron chi connectivity index (χ4n) is 2.14. The Morgan fingerprint density at radius 3 is 2.94 bits per heavy atom. The van der Waals surface area contributed by atoms with E-state index in [0.717, 1.165) is 5.69 Å². The highest BCUT2D eigenvalue weighted by Gasteiger charge is 2.27. The fourth-order valence-corrected chi connectivity index (χ4v) is 2.99. The van der Waals surface area contributed by atoms with Gasteiger partial charge in [-0.3, -0.25) is 4.68 Å². The maximum Gasteiger partial charge on any atom is 0.211 e. The molecule has 0 spiro atoms. The first-order valence-electron chi connectivity index (χ1n) is 6.04. The Balaban J connectivity index is 2.21. The van der Waals surface area contributed by atoms with Crippen molar-refractivity contribution in [2.75, 3.05) is 26.0 Å². The molecule has 1 aliphatic rings. The van der Waals surface area contributed by atoms with Gasteiger partial charge in [-0.1, -0.05) is 0 Å². The molecule has 0 bridgehead atoms. The van der Waals surface area contributed by atoms with Gasteiger partial charge in [0, 0.05) is 31.8 Å². The number of rotatable bonds is 4. The molecule has 18 heavy (non-hydrogen) atoms. The van der Waals surface area contributed by atoms with Crippen LogP contribution in [0.5, 0.6) is 0 Å². The van der Waals surface area contributed by atoms with Gasteiger partial charge in [-0.05, 0) is 13.0 Å². The normalized spacial score (nSPS) is 21.6. The van der Waals surface area contributed by atoms with Crippen LogP contribution in [0.2, 0.25) is 0 Å². The Hall–Kier alpha value is -0.920. The summed E-state index contributed by atoms with van der Waals surface area (Å²) in [4.78, 5) is 0. The molecule has 0 fully saturated rings. The van der Waals surface area contributed by atoms with Crippen LogP contribution in [-0.2, 0) is 27.8 Å². The standard InChI is InChI=1S/C11H19N3O3S/c1-3-17-9-10-6-13(18(2,15)16)8-11-4-5-12-14(11)7-10/h4-5,10H,3,6-9H2,1-2H3/t10-/m1/s1. The molecule has 1 atom stereocenters. The first kappa shape index (κ1) is 13.5. The van der Waals surface area contributed by atoms with Gasteiger partial charge in [0.2, 0.25) is 10.0 Å². The highest BCUT2D eigenvalue weighted by atomic mass is 32.2. The van der Waals surface area contributed by atoms with Crippen molar-refractivity contribution in [3.63, 3.8) is 0 Å². The second-order valence-electron chi connectivity index (χ2n) is 4.59. The molecule has 0 radical (unpaired) electrons. The molecule has 102 valence electrons. The smallest absolute Gasteiger partial charge is 0.211 e. The summed E-state index contributed by atoms with van der Waals surface area (Å²) in [5, 5.41) is 4.23. The third-order valence-electron chi connectivity index (χ3n) is 3.06. The molecular weight excluding hydrogens is 254 g/mol. The molecule has 0 aliphatic carbocycles. The van der Waals surface area contributed by atoms with E-state index in [1.54, 1.807) is 6.20 Å². The Morgan fingerprint density at radius 2 is 2.28 bits per heavy atom. The number of ether oxygens (including phenoxy) is 1. The van der Waals surface area contributed by atoms with E-state index in [4.69, 9.17) is 4.74 Å². The van der Waals surface area contributed by atoms with Crippen molar-refractivity contribution < 1.29 is 13.2 Å². The molecule has 0 N–H and O–H groups in total. The van der Waals surface area contributed by atoms with Gasteiger partial charge >= 0.3 is 0 Å². The Labute approximate surface area is 108 Å². The van der Waals surface area contributed by atoms with Crippen molar-refractivity contribution in [3.05, 3.63) is 18.0 Å². The van der Waals surface area contributed by atoms with Crippen LogP contribution in [0.4, 0.5) is 0 Å². The second kappa shape index (κ2) is 5.38. The van der Waals surface area contributed by atoms with Gasteiger partial charge in [-0.2, -0.15) is 9.40 Å². The summed E-state index contributed by atoms with van der Waals surface area (Å²) in [5.74, 6) is 0.140. The largest absolute Gasteiger partial charge is 0.381 e. The summed E-state index contributed by atoms with van der Waals surface area (Å²) in [7, 11) is -3.19. The lowest BCUT2D eigenvalue weighted by Gasteiger charge is -2.21. The zero-order valence-corrected chi connectivity index (χ0v) is 11.6. The Bertz CT molecular complexity index is 497. The van der Waals surface area contributed by atoms with Crippen LogP contribution in [0.25, 0.3) is 0 Å². The van der Waals surface area contributed by atoms with E-state index in [0.29, 0.717) is 32.8 Å². The minimum absolute atomic E-state index is 0.140. The molecule has 7 heteroatoms. The van der Waals surface area contributed by atoms with E-state index in [2.05, 4.69) is 5.10 Å². The molecule has 1 aromatic heterocycles. The van der Waals surface area contributed by atoms with Crippen molar-refractivity contribution in [1.82, 2.24) is 14.1 Å². The third-order valence-corrected chi connectivity index (χ3v) is 4.28. The molecule has 0 amide bonds. The molecule has 2 rings (SSSR count). The molecule has 0 saturated carbocycles. The topological polar surface area (TPSA) is 64.4 Å². The summed E-state index contributed by atoms with van der Waals surface area (Å²) in [6.45, 7) is 4.71. The number of nitrogens with zero attached hydrogens (tertiary/aromatic N) is 3. The number of sulfonamides is 1. The van der Waals surface area contributed by atoms with Gasteiger partial charge < -0.3 is 4.74 Å². The average molecular weight is 273 g/mol. The maximum absolute atomic E-state index is 11.7. The zero-order chi connectivity index (χ0) is 13.2. The number of hydrogen-bond acceptors (Lipinski definition) is 4. The molecule has 6 nitrogen and oxygen atoms in total. The highest BCUT2D eigenvalue weighted by molar-refractivity contribution is 7.88. The average Bonchev–Trinajstić information content (AvgIpc) is 2.63. The summed E-state index contributed by atoms with van der Waals surface area (Å²) in [6, 6.07) is 1.86. The lowest BCUT2D eigenvalue weighted by Crippen LogP contribution is -2.34. The number of fused-ring (bicyclic) bond motifs is 1. The lowest BCUT2D eigenvalue weighted by atomic mass is 10.1. The molecular formula is C11H19N3O3S. The molecule has 1 aliphatic heterocycles. The van der Waals surface area contributed by atoms with E-state index < -0.39 is 10.0 Å². The first-order chi connectivity index (χ1) is 8.50. The van der Waals surface area contributed by atoms with Gasteiger partial charge in [0.15, 0.2) is 0 Å². The first-order valence-corrected chi connectivity index (χ1v) is 7.89. The van der Waals surface area contributed by atoms with Gasteiger partial charge in [-0.25, -0.2) is 8.42 Å². The van der Waals surface area contributed by atoms with Crippen molar-refractivity contribution in [2.45, 2.75) is 20.0 Å². The monoisotopic (exact) mass is 273 g/mol. The second-order valence-corrected chi connectivity index (χ2v) is 6.57. The maximum atomic E-state index is 11.7. The molecule has 1 aromatic rings. The van der Waals surface area contributed by atoms with Gasteiger partial charge in [0.25, 0.3) is 0 Å². The van der Waals surface area contributed by atoms with Crippen LogP contribution < -0.4 is 0 Å². The summed E-state index contributed by atoms with van der Waals surface area (Å²) >= 11 is 0. The van der Waals surface area contributed by atoms with Crippen molar-refractivity contribution in [2.24, 2.45) is 5.92 Å². The zero-order valence-electron chi connectivity index (χ0n) is 10.7. The van der Waals surface area contributed by atoms with Crippen LogP contribution in [0.15, 0.2) is 12.3 Å². The van der Waals surface area contributed by atoms with Crippen LogP contribution in [0.1, 0.15) is 12.6 Å². The summed E-state index contributed by atoms with van der Waals surface area (Å²) < 4.78 is 32.3. The van der Waals surface area contributed by atoms with Crippen LogP contribution in [-0.4, -0.2) is 48.5 Å². The number of aromatic nitrogens is 2. The quantitative estimate of drug-likeness (QED) is 0.792. The molecule has 0 saturated heterocycles. The van der Waals surface area contributed by atoms with E-state index >= 15 is 0 Å². The summed E-state index contributed by atoms with van der Waals surface area (Å²) in [6.07, 6.45) is 2.95. The third kappa shape index (κ3) is 3.09. The minimum atomic E-state index is -3.19. The predicted molar refractivity (Wildman–Crippen MR) is 67.5 cm³/mol. The lowest BCUT2D eigenvalue weighted by molar-refractivity contribution is 0.0966. The van der Waals surface area contributed by atoms with Crippen molar-refractivity contribution in [3.8, 4) is 0 Å². The summed E-state index contributed by atoms with van der Waals surface area (Å²) in [5.41, 5.74) is 0.930. The van der Waals surface area contributed by atoms with Crippen LogP contribution in [0, 0.1) is 5.92 Å². The van der Waals surface area contributed by atoms with Crippen LogP contribution in [0.3, 0.4) is 0 Å². The predicted octanol–water partition coefficient (Wildman–Crippen LogP) is 0.311. The Kier molecular flexibility index (Phi) is 4.04. The van der Waals surface area contributed by atoms with E-state index in [-0.39, 0.29) is 5.92 Å². The van der Waals surface area contributed by atoms with E-state index in [9.17, 15) is 8.42 Å². The SMILES string of the molecule is CCOC[C@@H]1CN(S(C)(=O)=O)Cc2ccnn2C1. The van der Waals surface area contributed by atoms with Crippen molar-refractivity contribution in [1.29, 1.82) is 0 Å². The van der Waals surface area contributed by atoms with Crippen molar-refractivity contribution >= 4 is 10.0 Å². The van der Waals surface area contributed by atoms with Gasteiger partial charge in [0.05, 0.1) is 25.1 Å². The number of hydrogen-bond donors (Lipinski definition) is 0. The molecule has 0 aromatic carbocycles. The molecule has 2 heterocycles. The van der Waals surface area contributed by atoms with Gasteiger partial charge in [0.1, 0.15) is 0 Å². The highest BCUT2D eigenvalue weighted by Crippen LogP contribution is 2.18. The minimum Gasteiger partial charge on any atom is -0.381 e. The van der Waals surface area contributed by atoms with Crippen LogP contribution >= 0.6 is 0 Å². The van der Waals surface area contributed by atoms with E-state index in [1.807, 2.05) is 17.7 Å². The fraction of sp³-hybridized carbons (Fsp3) is 0.727. The van der Waals surface area contributed by atoms with E-state index in [1.165, 1.54) is 10.6 Å². The Morgan fingerprint density at radius 1 is 1.50 bits per heavy atom. The van der Waals surface area contributed by atoms with Gasteiger partial charge in [-0.15, -0.1) is 0 Å². The molecule has 0 unspecified atom stereocenters.